The van der Waals surface area contributed by atoms with Crippen LogP contribution in [-0.2, 0) is 16.4 Å². The van der Waals surface area contributed by atoms with E-state index in [4.69, 9.17) is 5.73 Å². The van der Waals surface area contributed by atoms with E-state index in [-0.39, 0.29) is 6.04 Å². The number of aryl methyl sites for hydroxylation is 1. The number of nitrogens with zero attached hydrogens (tertiary/aromatic N) is 1. The van der Waals surface area contributed by atoms with Crippen LogP contribution in [0.5, 0.6) is 0 Å². The Morgan fingerprint density at radius 3 is 2.33 bits per heavy atom. The quantitative estimate of drug-likeness (QED) is 0.802. The van der Waals surface area contributed by atoms with Gasteiger partial charge in [0.25, 0.3) is 0 Å². The van der Waals surface area contributed by atoms with Crippen LogP contribution in [0.4, 0.5) is 0 Å². The molecule has 2 rings (SSSR count). The van der Waals surface area contributed by atoms with E-state index < -0.39 is 10.0 Å². The van der Waals surface area contributed by atoms with Gasteiger partial charge in [-0.05, 0) is 55.8 Å². The Kier molecular flexibility index (Phi) is 5.41. The second kappa shape index (κ2) is 6.90. The molecule has 0 atom stereocenters. The Hall–Kier alpha value is -0.910. The Morgan fingerprint density at radius 1 is 1.24 bits per heavy atom. The fraction of sp³-hybridized carbons (Fsp3) is 0.625. The van der Waals surface area contributed by atoms with Crippen molar-refractivity contribution < 1.29 is 8.42 Å². The Labute approximate surface area is 128 Å². The lowest BCUT2D eigenvalue weighted by molar-refractivity contribution is 0.360. The summed E-state index contributed by atoms with van der Waals surface area (Å²) in [4.78, 5) is 0.409. The summed E-state index contributed by atoms with van der Waals surface area (Å²) < 4.78 is 27.2. The molecule has 0 saturated heterocycles. The number of hydrogen-bond acceptors (Lipinski definition) is 3. The van der Waals surface area contributed by atoms with E-state index in [0.717, 1.165) is 31.2 Å². The van der Waals surface area contributed by atoms with Gasteiger partial charge in [0, 0.05) is 12.6 Å². The molecule has 1 saturated carbocycles. The minimum absolute atomic E-state index is 0.203. The highest BCUT2D eigenvalue weighted by atomic mass is 32.2. The van der Waals surface area contributed by atoms with E-state index in [9.17, 15) is 8.42 Å². The maximum atomic E-state index is 12.8. The van der Waals surface area contributed by atoms with Crippen LogP contribution < -0.4 is 5.73 Å². The van der Waals surface area contributed by atoms with Gasteiger partial charge in [-0.3, -0.25) is 0 Å². The molecule has 1 aliphatic carbocycles. The van der Waals surface area contributed by atoms with Gasteiger partial charge in [0.05, 0.1) is 4.90 Å². The predicted molar refractivity (Wildman–Crippen MR) is 85.6 cm³/mol. The Morgan fingerprint density at radius 2 is 1.86 bits per heavy atom. The second-order valence-corrected chi connectivity index (χ2v) is 8.13. The lowest BCUT2D eigenvalue weighted by Gasteiger charge is -2.23. The summed E-state index contributed by atoms with van der Waals surface area (Å²) in [5.41, 5.74) is 6.64. The van der Waals surface area contributed by atoms with E-state index >= 15 is 0 Å². The third-order valence-corrected chi connectivity index (χ3v) is 5.63. The first kappa shape index (κ1) is 16.5. The molecule has 1 aliphatic rings. The molecule has 0 amide bonds. The van der Waals surface area contributed by atoms with Crippen LogP contribution in [-0.4, -0.2) is 31.9 Å². The summed E-state index contributed by atoms with van der Waals surface area (Å²) in [6.07, 6.45) is 3.80. The summed E-state index contributed by atoms with van der Waals surface area (Å²) in [6, 6.07) is 7.48. The normalized spacial score (nSPS) is 15.9. The molecular formula is C16H26N2O2S. The van der Waals surface area contributed by atoms with Crippen LogP contribution >= 0.6 is 0 Å². The minimum atomic E-state index is -3.36. The average molecular weight is 310 g/mol. The molecule has 118 valence electrons. The summed E-state index contributed by atoms with van der Waals surface area (Å²) in [5, 5.41) is 0. The second-order valence-electron chi connectivity index (χ2n) is 6.24. The third kappa shape index (κ3) is 4.28. The van der Waals surface area contributed by atoms with Crippen molar-refractivity contribution in [2.24, 2.45) is 11.7 Å². The summed E-state index contributed by atoms with van der Waals surface area (Å²) in [6.45, 7) is 5.37. The Bertz CT molecular complexity index is 548. The first-order valence-electron chi connectivity index (χ1n) is 7.76. The largest absolute Gasteiger partial charge is 0.330 e. The third-order valence-electron chi connectivity index (χ3n) is 3.70. The maximum absolute atomic E-state index is 12.8. The van der Waals surface area contributed by atoms with E-state index in [1.807, 2.05) is 12.1 Å². The molecule has 0 aliphatic heterocycles. The average Bonchev–Trinajstić information content (AvgIpc) is 3.27. The van der Waals surface area contributed by atoms with E-state index in [1.165, 1.54) is 0 Å². The van der Waals surface area contributed by atoms with Crippen molar-refractivity contribution in [3.63, 3.8) is 0 Å². The molecular weight excluding hydrogens is 284 g/mol. The van der Waals surface area contributed by atoms with Crippen molar-refractivity contribution in [3.05, 3.63) is 29.8 Å². The molecule has 0 bridgehead atoms. The number of hydrogen-bond donors (Lipinski definition) is 1. The molecule has 4 nitrogen and oxygen atoms in total. The van der Waals surface area contributed by atoms with Crippen LogP contribution in [0.2, 0.25) is 0 Å². The molecule has 0 heterocycles. The van der Waals surface area contributed by atoms with Gasteiger partial charge in [-0.25, -0.2) is 8.42 Å². The van der Waals surface area contributed by atoms with Crippen molar-refractivity contribution in [1.82, 2.24) is 4.31 Å². The standard InChI is InChI=1S/C16H26N2O2S/c1-13(2)12-18(15-7-8-15)21(19,20)16-9-5-14(6-10-16)4-3-11-17/h5-6,9-10,13,15H,3-4,7-8,11-12,17H2,1-2H3. The fourth-order valence-electron chi connectivity index (χ4n) is 2.44. The smallest absolute Gasteiger partial charge is 0.243 e. The monoisotopic (exact) mass is 310 g/mol. The molecule has 0 unspecified atom stereocenters. The van der Waals surface area contributed by atoms with Gasteiger partial charge in [0.1, 0.15) is 0 Å². The summed E-state index contributed by atoms with van der Waals surface area (Å²) in [7, 11) is -3.36. The highest BCUT2D eigenvalue weighted by Crippen LogP contribution is 2.32. The molecule has 1 aromatic rings. The van der Waals surface area contributed by atoms with Crippen molar-refractivity contribution >= 4 is 10.0 Å². The van der Waals surface area contributed by atoms with Crippen molar-refractivity contribution in [2.75, 3.05) is 13.1 Å². The molecule has 0 aromatic heterocycles. The lowest BCUT2D eigenvalue weighted by Crippen LogP contribution is -2.36. The van der Waals surface area contributed by atoms with Gasteiger partial charge in [-0.1, -0.05) is 26.0 Å². The molecule has 0 spiro atoms. The SMILES string of the molecule is CC(C)CN(C1CC1)S(=O)(=O)c1ccc(CCCN)cc1. The van der Waals surface area contributed by atoms with Gasteiger partial charge < -0.3 is 5.73 Å². The van der Waals surface area contributed by atoms with Crippen molar-refractivity contribution in [2.45, 2.75) is 50.5 Å². The van der Waals surface area contributed by atoms with E-state index in [2.05, 4.69) is 13.8 Å². The summed E-state index contributed by atoms with van der Waals surface area (Å²) >= 11 is 0. The van der Waals surface area contributed by atoms with Gasteiger partial charge in [-0.15, -0.1) is 0 Å². The first-order valence-corrected chi connectivity index (χ1v) is 9.20. The lowest BCUT2D eigenvalue weighted by atomic mass is 10.1. The van der Waals surface area contributed by atoms with Gasteiger partial charge in [-0.2, -0.15) is 4.31 Å². The van der Waals surface area contributed by atoms with Crippen LogP contribution in [0.15, 0.2) is 29.2 Å². The molecule has 2 N–H and O–H groups in total. The van der Waals surface area contributed by atoms with Crippen LogP contribution in [0.1, 0.15) is 38.7 Å². The molecule has 1 aromatic carbocycles. The number of nitrogens with two attached hydrogens (primary N) is 1. The number of rotatable bonds is 8. The van der Waals surface area contributed by atoms with Crippen LogP contribution in [0.25, 0.3) is 0 Å². The van der Waals surface area contributed by atoms with E-state index in [0.29, 0.717) is 23.9 Å². The zero-order valence-corrected chi connectivity index (χ0v) is 13.8. The molecule has 0 radical (unpaired) electrons. The Balaban J connectivity index is 2.17. The summed E-state index contributed by atoms with van der Waals surface area (Å²) in [5.74, 6) is 0.337. The topological polar surface area (TPSA) is 63.4 Å². The van der Waals surface area contributed by atoms with Gasteiger partial charge in [0.15, 0.2) is 0 Å². The van der Waals surface area contributed by atoms with Crippen LogP contribution in [0, 0.1) is 5.92 Å². The predicted octanol–water partition coefficient (Wildman–Crippen LogP) is 2.39. The van der Waals surface area contributed by atoms with Crippen molar-refractivity contribution in [3.8, 4) is 0 Å². The first-order chi connectivity index (χ1) is 9.95. The molecule has 5 heteroatoms. The van der Waals surface area contributed by atoms with Crippen molar-refractivity contribution in [1.29, 1.82) is 0 Å². The van der Waals surface area contributed by atoms with Crippen LogP contribution in [0.3, 0.4) is 0 Å². The van der Waals surface area contributed by atoms with Gasteiger partial charge >= 0.3 is 0 Å². The van der Waals surface area contributed by atoms with E-state index in [1.54, 1.807) is 16.4 Å². The molecule has 21 heavy (non-hydrogen) atoms. The molecule has 1 fully saturated rings. The fourth-order valence-corrected chi connectivity index (χ4v) is 4.28. The zero-order chi connectivity index (χ0) is 15.5. The zero-order valence-electron chi connectivity index (χ0n) is 13.0. The highest BCUT2D eigenvalue weighted by Gasteiger charge is 2.38. The van der Waals surface area contributed by atoms with Gasteiger partial charge in [0.2, 0.25) is 10.0 Å². The highest BCUT2D eigenvalue weighted by molar-refractivity contribution is 7.89. The minimum Gasteiger partial charge on any atom is -0.330 e. The maximum Gasteiger partial charge on any atom is 0.243 e. The number of benzene rings is 1. The number of sulfonamides is 1.